The van der Waals surface area contributed by atoms with Gasteiger partial charge in [0.25, 0.3) is 0 Å². The van der Waals surface area contributed by atoms with E-state index >= 15 is 0 Å². The zero-order valence-corrected chi connectivity index (χ0v) is 35.1. The molecule has 2 aromatic carbocycles. The maximum absolute atomic E-state index is 6.45. The molecule has 2 aliphatic heterocycles. The molecule has 2 atom stereocenters. The molecule has 0 spiro atoms. The summed E-state index contributed by atoms with van der Waals surface area (Å²) >= 11 is 0. The van der Waals surface area contributed by atoms with Crippen molar-refractivity contribution < 1.29 is 9.47 Å². The van der Waals surface area contributed by atoms with Gasteiger partial charge in [-0.05, 0) is 186 Å². The summed E-state index contributed by atoms with van der Waals surface area (Å²) < 4.78 is 12.9. The number of aromatic nitrogens is 2. The van der Waals surface area contributed by atoms with Gasteiger partial charge in [0.1, 0.15) is 11.5 Å². The van der Waals surface area contributed by atoms with Gasteiger partial charge in [-0.15, -0.1) is 0 Å². The third kappa shape index (κ3) is 12.1. The van der Waals surface area contributed by atoms with Gasteiger partial charge in [-0.1, -0.05) is 24.3 Å². The zero-order valence-electron chi connectivity index (χ0n) is 35.1. The molecule has 2 saturated heterocycles. The van der Waals surface area contributed by atoms with Crippen LogP contribution in [0.1, 0.15) is 85.0 Å². The summed E-state index contributed by atoms with van der Waals surface area (Å²) in [5, 5.41) is 5.09. The summed E-state index contributed by atoms with van der Waals surface area (Å²) in [5.41, 5.74) is 8.30. The maximum atomic E-state index is 6.45. The van der Waals surface area contributed by atoms with Crippen LogP contribution in [0, 0.1) is 11.8 Å². The first-order chi connectivity index (χ1) is 28.7. The Balaban J connectivity index is 0.857. The number of aryl methyl sites for hydroxylation is 2. The van der Waals surface area contributed by atoms with Crippen LogP contribution in [0.4, 0.5) is 0 Å². The van der Waals surface area contributed by atoms with Crippen LogP contribution in [-0.4, -0.2) is 108 Å². The lowest BCUT2D eigenvalue weighted by Crippen LogP contribution is -2.46. The van der Waals surface area contributed by atoms with Crippen LogP contribution >= 0.6 is 0 Å². The molecule has 2 fully saturated rings. The van der Waals surface area contributed by atoms with Crippen molar-refractivity contribution >= 4 is 0 Å². The smallest absolute Gasteiger partial charge is 0.119 e. The molecule has 0 radical (unpaired) electrons. The Morgan fingerprint density at radius 2 is 1.00 bits per heavy atom. The first-order valence-corrected chi connectivity index (χ1v) is 22.9. The first kappa shape index (κ1) is 40.9. The summed E-state index contributed by atoms with van der Waals surface area (Å²) in [4.78, 5) is 14.7. The van der Waals surface area contributed by atoms with E-state index in [1.165, 1.54) is 126 Å². The second-order valence-electron chi connectivity index (χ2n) is 17.5. The average molecular weight is 785 g/mol. The van der Waals surface area contributed by atoms with Gasteiger partial charge < -0.3 is 19.3 Å². The number of nitrogens with zero attached hydrogens (tertiary/aromatic N) is 6. The van der Waals surface area contributed by atoms with Gasteiger partial charge in [0.05, 0.1) is 13.2 Å². The monoisotopic (exact) mass is 785 g/mol. The molecular formula is C50H68N6O2. The molecule has 310 valence electrons. The van der Waals surface area contributed by atoms with Crippen LogP contribution in [0.15, 0.2) is 85.2 Å². The summed E-state index contributed by atoms with van der Waals surface area (Å²) in [5.74, 6) is 3.63. The lowest BCUT2D eigenvalue weighted by Gasteiger charge is -2.35. The molecule has 4 aliphatic rings. The van der Waals surface area contributed by atoms with E-state index in [-0.39, 0.29) is 0 Å². The standard InChI is InChI=1S/C50H68N6O2/c1-3-23-51-47(11-1)21-31-55(29-9-33-57-49-19-17-43-35-41(13-15-45(43)37-49)39-53-25-5-6-26-53)56(32-22-48-12-2-4-24-52-48)30-10-34-58-50-20-18-44-36-42(14-16-46(44)38-50)40-54-27-7-8-28-54/h1-4,11-12,17-20,23-24,37-38,41-42H,5-10,13-16,21-22,25-36,39-40H2. The van der Waals surface area contributed by atoms with Crippen LogP contribution in [-0.2, 0) is 38.5 Å². The third-order valence-corrected chi connectivity index (χ3v) is 13.2. The fourth-order valence-corrected chi connectivity index (χ4v) is 10.0. The number of hydrogen-bond acceptors (Lipinski definition) is 8. The molecule has 58 heavy (non-hydrogen) atoms. The largest absolute Gasteiger partial charge is 0.494 e. The number of benzene rings is 2. The molecule has 0 bridgehead atoms. The van der Waals surface area contributed by atoms with E-state index in [2.05, 4.69) is 90.4 Å². The highest BCUT2D eigenvalue weighted by Crippen LogP contribution is 2.31. The molecule has 4 heterocycles. The highest BCUT2D eigenvalue weighted by atomic mass is 16.5. The van der Waals surface area contributed by atoms with Crippen LogP contribution in [0.3, 0.4) is 0 Å². The number of pyridine rings is 2. The Hall–Kier alpha value is -3.82. The molecule has 2 aliphatic carbocycles. The molecule has 4 aromatic rings. The minimum atomic E-state index is 0.699. The average Bonchev–Trinajstić information content (AvgIpc) is 3.99. The summed E-state index contributed by atoms with van der Waals surface area (Å²) in [6.45, 7) is 12.8. The van der Waals surface area contributed by atoms with E-state index in [4.69, 9.17) is 9.47 Å². The van der Waals surface area contributed by atoms with E-state index < -0.39 is 0 Å². The predicted molar refractivity (Wildman–Crippen MR) is 235 cm³/mol. The van der Waals surface area contributed by atoms with Gasteiger partial charge in [0.15, 0.2) is 0 Å². The summed E-state index contributed by atoms with van der Waals surface area (Å²) in [6, 6.07) is 26.2. The second-order valence-corrected chi connectivity index (χ2v) is 17.5. The molecule has 0 amide bonds. The number of rotatable bonds is 21. The van der Waals surface area contributed by atoms with Gasteiger partial charge in [-0.2, -0.15) is 0 Å². The van der Waals surface area contributed by atoms with E-state index in [0.717, 1.165) is 86.6 Å². The van der Waals surface area contributed by atoms with Gasteiger partial charge in [-0.25, -0.2) is 10.0 Å². The highest BCUT2D eigenvalue weighted by Gasteiger charge is 2.25. The van der Waals surface area contributed by atoms with Crippen LogP contribution in [0.2, 0.25) is 0 Å². The fraction of sp³-hybridized carbons (Fsp3) is 0.560. The SMILES string of the molecule is c1ccc(CCN(CCCOc2ccc3c(c2)CCC(CN2CCCC2)C3)N(CCCOc2ccc3c(c2)CCC(CN2CCCC2)C3)CCc2ccccn2)nc1. The Morgan fingerprint density at radius 1 is 0.534 bits per heavy atom. The van der Waals surface area contributed by atoms with E-state index in [1.54, 1.807) is 0 Å². The first-order valence-electron chi connectivity index (χ1n) is 22.9. The van der Waals surface area contributed by atoms with Crippen molar-refractivity contribution in [3.05, 3.63) is 119 Å². The van der Waals surface area contributed by atoms with E-state index in [0.29, 0.717) is 13.2 Å². The summed E-state index contributed by atoms with van der Waals surface area (Å²) in [6.07, 6.45) is 20.4. The molecule has 8 nitrogen and oxygen atoms in total. The molecule has 2 unspecified atom stereocenters. The second kappa shape index (κ2) is 21.4. The van der Waals surface area contributed by atoms with Crippen molar-refractivity contribution in [1.82, 2.24) is 29.8 Å². The van der Waals surface area contributed by atoms with E-state index in [9.17, 15) is 0 Å². The summed E-state index contributed by atoms with van der Waals surface area (Å²) in [7, 11) is 0. The van der Waals surface area contributed by atoms with Crippen LogP contribution < -0.4 is 9.47 Å². The molecule has 2 aromatic heterocycles. The molecule has 0 N–H and O–H groups in total. The predicted octanol–water partition coefficient (Wildman–Crippen LogP) is 8.12. The van der Waals surface area contributed by atoms with Gasteiger partial charge in [0.2, 0.25) is 0 Å². The van der Waals surface area contributed by atoms with Crippen molar-refractivity contribution in [2.24, 2.45) is 11.8 Å². The zero-order chi connectivity index (χ0) is 39.2. The minimum Gasteiger partial charge on any atom is -0.494 e. The molecule has 8 heteroatoms. The Kier molecular flexibility index (Phi) is 15.1. The van der Waals surface area contributed by atoms with Crippen LogP contribution in [0.5, 0.6) is 11.5 Å². The highest BCUT2D eigenvalue weighted by molar-refractivity contribution is 5.38. The Morgan fingerprint density at radius 3 is 1.43 bits per heavy atom. The number of hydrogen-bond donors (Lipinski definition) is 0. The number of ether oxygens (including phenoxy) is 2. The third-order valence-electron chi connectivity index (χ3n) is 13.2. The Bertz CT molecular complexity index is 1680. The normalized spacial score (nSPS) is 19.8. The lowest BCUT2D eigenvalue weighted by atomic mass is 9.83. The number of hydrazine groups is 1. The number of likely N-dealkylation sites (tertiary alicyclic amines) is 2. The molecular weight excluding hydrogens is 717 g/mol. The van der Waals surface area contributed by atoms with Crippen molar-refractivity contribution in [3.63, 3.8) is 0 Å². The van der Waals surface area contributed by atoms with Crippen molar-refractivity contribution in [3.8, 4) is 11.5 Å². The van der Waals surface area contributed by atoms with Crippen molar-refractivity contribution in [2.45, 2.75) is 89.9 Å². The quantitative estimate of drug-likeness (QED) is 0.0621. The minimum absolute atomic E-state index is 0.699. The van der Waals surface area contributed by atoms with Gasteiger partial charge in [-0.3, -0.25) is 9.97 Å². The van der Waals surface area contributed by atoms with Gasteiger partial charge in [0, 0.05) is 75.9 Å². The lowest BCUT2D eigenvalue weighted by molar-refractivity contribution is -0.0301. The topological polar surface area (TPSA) is 57.2 Å². The molecule has 0 saturated carbocycles. The van der Waals surface area contributed by atoms with Crippen molar-refractivity contribution in [1.29, 1.82) is 0 Å². The van der Waals surface area contributed by atoms with Gasteiger partial charge >= 0.3 is 0 Å². The van der Waals surface area contributed by atoms with Crippen molar-refractivity contribution in [2.75, 3.05) is 78.7 Å². The fourth-order valence-electron chi connectivity index (χ4n) is 10.0. The Labute approximate surface area is 348 Å². The van der Waals surface area contributed by atoms with E-state index in [1.807, 2.05) is 24.5 Å². The van der Waals surface area contributed by atoms with Crippen LogP contribution in [0.25, 0.3) is 0 Å². The molecule has 8 rings (SSSR count). The number of fused-ring (bicyclic) bond motifs is 2. The maximum Gasteiger partial charge on any atom is 0.119 e.